The number of phenolic OH excluding ortho intramolecular Hbond substituents is 1. The number of hydrogen-bond donors (Lipinski definition) is 26. The predicted octanol–water partition coefficient (Wildman–Crippen LogP) is -6.66. The maximum atomic E-state index is 14.6. The number of nitrogens with zero attached hydrogens (tertiary/aromatic N) is 1. The molecule has 0 saturated heterocycles. The monoisotopic (exact) mass is 1690 g/mol. The van der Waals surface area contributed by atoms with Gasteiger partial charge in [0.05, 0.1) is 37.9 Å². The maximum Gasteiger partial charge on any atom is 0.327 e. The van der Waals surface area contributed by atoms with Gasteiger partial charge in [-0.25, -0.2) is 9.78 Å². The Labute approximate surface area is 684 Å². The zero-order chi connectivity index (χ0) is 89.8. The first-order chi connectivity index (χ1) is 55.2. The van der Waals surface area contributed by atoms with Crippen molar-refractivity contribution >= 4 is 125 Å². The molecule has 14 amide bonds. The highest BCUT2D eigenvalue weighted by atomic mass is 32.1. The number of H-pyrrole nitrogens is 1. The van der Waals surface area contributed by atoms with Gasteiger partial charge >= 0.3 is 23.9 Å². The topological polar surface area (TPSA) is 755 Å². The number of carbonyl (C=O) groups is 19. The van der Waals surface area contributed by atoms with E-state index in [0.717, 1.165) is 13.8 Å². The van der Waals surface area contributed by atoms with Crippen LogP contribution in [0.1, 0.15) is 150 Å². The summed E-state index contributed by atoms with van der Waals surface area (Å²) in [5.74, 6) is -24.5. The molecular weight excluding hydrogens is 1580 g/mol. The van der Waals surface area contributed by atoms with E-state index >= 15 is 0 Å². The van der Waals surface area contributed by atoms with E-state index in [-0.39, 0.29) is 80.3 Å². The van der Waals surface area contributed by atoms with Crippen LogP contribution in [0.25, 0.3) is 0 Å². The number of nitrogens with two attached hydrogens (primary N) is 4. The minimum absolute atomic E-state index is 0.0613. The van der Waals surface area contributed by atoms with E-state index in [1.54, 1.807) is 13.8 Å². The van der Waals surface area contributed by atoms with Gasteiger partial charge in [-0.3, -0.25) is 86.3 Å². The van der Waals surface area contributed by atoms with Crippen LogP contribution in [0, 0.1) is 17.8 Å². The molecule has 0 radical (unpaired) electrons. The van der Waals surface area contributed by atoms with Crippen LogP contribution in [-0.2, 0) is 104 Å². The second-order valence-corrected chi connectivity index (χ2v) is 29.0. The van der Waals surface area contributed by atoms with Gasteiger partial charge in [0.1, 0.15) is 78.3 Å². The summed E-state index contributed by atoms with van der Waals surface area (Å²) in [6, 6.07) is -16.2. The lowest BCUT2D eigenvalue weighted by Gasteiger charge is -2.30. The molecule has 45 nitrogen and oxygen atoms in total. The van der Waals surface area contributed by atoms with Crippen molar-refractivity contribution in [1.29, 1.82) is 0 Å². The molecule has 0 aliphatic carbocycles. The van der Waals surface area contributed by atoms with Crippen molar-refractivity contribution in [3.05, 3.63) is 48.0 Å². The number of imidazole rings is 1. The molecular formula is C72H115N19O26S. The number of carboxylic acid groups (broad SMARTS) is 5. The number of amides is 14. The Morgan fingerprint density at radius 2 is 0.839 bits per heavy atom. The van der Waals surface area contributed by atoms with Gasteiger partial charge in [0.2, 0.25) is 82.7 Å². The average Bonchev–Trinajstić information content (AvgIpc) is 0.880. The standard InChI is InChI=1S/C70H111N19O24S.C2H4O2/c1-33(2)24-40(73)58(100)79-43(18-20-52(94)95)61(103)82-44(19-21-53(96)97)62(104)81-42(13-9-11-23-72)60(102)80-41(12-8-10-22-71)59(101)76-30-51(93)78-47(27-50(74)92)64(106)83-45(25-37-14-16-39(91)17-15-37)66(108)87-55(34(3)4)67(109)88-56(35(5)6)68(110)89-57(36(7)90)69(111)85-48(28-54(98)99)65(107)84-46(26-38-29-75-32-77-38)63(105)86-49(31-114)70(112)113;1-2(3)4/h14-17,29,32-36,40-49,55-57,90-91,114H,8-13,18-28,30-31,71-73H2,1-7H3,(H2,74,92)(H,75,77)(H,76,101)(H,78,93)(H,79,100)(H,80,102)(H,81,104)(H,82,103)(H,83,106)(H,84,107)(H,85,111)(H,86,105)(H,87,108)(H,88,109)(H,89,110)(H,94,95)(H,96,97)(H,98,99)(H,112,113);1H3,(H,3,4)/t36-,40+,41+,42+,43+,44+,45+,46+,47+,48+,49+,55+,56+,57+;/m1./s1. The van der Waals surface area contributed by atoms with Crippen LogP contribution in [0.15, 0.2) is 36.8 Å². The van der Waals surface area contributed by atoms with E-state index < -0.39 is 261 Å². The quantitative estimate of drug-likeness (QED) is 0.0216. The number of carbonyl (C=O) groups excluding carboxylic acids is 14. The van der Waals surface area contributed by atoms with Crippen LogP contribution in [0.5, 0.6) is 5.75 Å². The first-order valence-electron chi connectivity index (χ1n) is 37.7. The molecule has 0 saturated carbocycles. The number of phenols is 1. The summed E-state index contributed by atoms with van der Waals surface area (Å²) >= 11 is 3.92. The van der Waals surface area contributed by atoms with E-state index in [4.69, 9.17) is 32.8 Å². The minimum atomic E-state index is -2.02. The normalized spacial score (nSPS) is 14.6. The summed E-state index contributed by atoms with van der Waals surface area (Å²) < 4.78 is 0. The van der Waals surface area contributed by atoms with Crippen LogP contribution < -0.4 is 92.1 Å². The number of primary amides is 1. The first kappa shape index (κ1) is 104. The molecule has 1 aromatic heterocycles. The largest absolute Gasteiger partial charge is 0.508 e. The van der Waals surface area contributed by atoms with Crippen molar-refractivity contribution in [3.8, 4) is 5.75 Å². The van der Waals surface area contributed by atoms with Crippen LogP contribution in [0.4, 0.5) is 0 Å². The Bertz CT molecular complexity index is 3720. The number of rotatable bonds is 55. The third kappa shape index (κ3) is 41.3. The van der Waals surface area contributed by atoms with Crippen molar-refractivity contribution in [2.75, 3.05) is 25.4 Å². The minimum Gasteiger partial charge on any atom is -0.508 e. The number of unbranched alkanes of at least 4 members (excludes halogenated alkanes) is 2. The lowest BCUT2D eigenvalue weighted by Crippen LogP contribution is -2.63. The van der Waals surface area contributed by atoms with Gasteiger partial charge in [0, 0.05) is 50.3 Å². The van der Waals surface area contributed by atoms with E-state index in [2.05, 4.69) is 91.7 Å². The zero-order valence-electron chi connectivity index (χ0n) is 66.8. The molecule has 1 heterocycles. The van der Waals surface area contributed by atoms with Crippen molar-refractivity contribution in [3.63, 3.8) is 0 Å². The summed E-state index contributed by atoms with van der Waals surface area (Å²) in [5, 5.41) is 97.4. The number of aliphatic hydroxyl groups is 1. The fraction of sp³-hybridized carbons (Fsp3) is 0.611. The fourth-order valence-corrected chi connectivity index (χ4v) is 11.3. The number of aromatic hydroxyl groups is 1. The molecule has 46 heteroatoms. The number of benzene rings is 1. The van der Waals surface area contributed by atoms with Gasteiger partial charge in [-0.1, -0.05) is 53.7 Å². The number of hydrogen-bond acceptors (Lipinski definition) is 26. The van der Waals surface area contributed by atoms with Gasteiger partial charge in [-0.2, -0.15) is 12.6 Å². The Morgan fingerprint density at radius 1 is 0.458 bits per heavy atom. The average molecular weight is 1690 g/mol. The SMILES string of the molecule is CC(=O)O.CC(C)C[C@H](N)C(=O)N[C@@H](CCC(=O)O)C(=O)N[C@@H](CCC(=O)O)C(=O)N[C@@H](CCCCN)C(=O)N[C@@H](CCCCN)C(=O)NCC(=O)N[C@@H](CC(N)=O)C(=O)N[C@@H](Cc1ccc(O)cc1)C(=O)N[C@H](C(=O)N[C@H](C(=O)N[C@H](C(=O)N[C@@H](CC(=O)O)C(=O)N[C@@H](Cc1cnc[nH]1)C(=O)N[C@@H](CS)C(=O)O)[C@@H](C)O)C(C)C)C(C)C. The van der Waals surface area contributed by atoms with E-state index in [1.165, 1.54) is 64.5 Å². The Hall–Kier alpha value is -11.6. The van der Waals surface area contributed by atoms with Crippen LogP contribution >= 0.6 is 12.6 Å². The number of nitrogens with one attached hydrogen (secondary N) is 14. The van der Waals surface area contributed by atoms with E-state index in [9.17, 15) is 117 Å². The van der Waals surface area contributed by atoms with Gasteiger partial charge in [0.15, 0.2) is 0 Å². The third-order valence-corrected chi connectivity index (χ3v) is 17.6. The molecule has 0 bridgehead atoms. The smallest absolute Gasteiger partial charge is 0.327 e. The summed E-state index contributed by atoms with van der Waals surface area (Å²) in [5.41, 5.74) is 23.5. The molecule has 1 aromatic carbocycles. The second-order valence-electron chi connectivity index (χ2n) is 28.6. The number of thiol groups is 1. The highest BCUT2D eigenvalue weighted by molar-refractivity contribution is 7.80. The van der Waals surface area contributed by atoms with Crippen molar-refractivity contribution in [2.24, 2.45) is 40.7 Å². The van der Waals surface area contributed by atoms with Gasteiger partial charge in [0.25, 0.3) is 5.97 Å². The van der Waals surface area contributed by atoms with Crippen LogP contribution in [0.2, 0.25) is 0 Å². The highest BCUT2D eigenvalue weighted by Crippen LogP contribution is 2.16. The summed E-state index contributed by atoms with van der Waals surface area (Å²) in [6.07, 6.45) is -3.64. The summed E-state index contributed by atoms with van der Waals surface area (Å²) in [4.78, 5) is 257. The van der Waals surface area contributed by atoms with Gasteiger partial charge in [-0.05, 0) is 113 Å². The molecule has 660 valence electrons. The van der Waals surface area contributed by atoms with E-state index in [1.807, 2.05) is 0 Å². The van der Waals surface area contributed by atoms with Crippen molar-refractivity contribution in [2.45, 2.75) is 236 Å². The number of aliphatic carboxylic acids is 5. The third-order valence-electron chi connectivity index (χ3n) is 17.2. The molecule has 0 spiro atoms. The lowest BCUT2D eigenvalue weighted by atomic mass is 9.98. The van der Waals surface area contributed by atoms with Gasteiger partial charge in [-0.15, -0.1) is 0 Å². The lowest BCUT2D eigenvalue weighted by molar-refractivity contribution is -0.143. The Morgan fingerprint density at radius 3 is 1.25 bits per heavy atom. The molecule has 14 atom stereocenters. The number of aromatic amines is 1. The second kappa shape index (κ2) is 54.3. The predicted molar refractivity (Wildman–Crippen MR) is 419 cm³/mol. The number of aromatic nitrogens is 2. The zero-order valence-corrected chi connectivity index (χ0v) is 67.7. The molecule has 118 heavy (non-hydrogen) atoms. The van der Waals surface area contributed by atoms with Crippen LogP contribution in [-0.4, -0.2) is 268 Å². The Kier molecular flexibility index (Phi) is 48.0. The van der Waals surface area contributed by atoms with Crippen LogP contribution in [0.3, 0.4) is 0 Å². The first-order valence-corrected chi connectivity index (χ1v) is 38.4. The summed E-state index contributed by atoms with van der Waals surface area (Å²) in [7, 11) is 0. The Balaban J connectivity index is 0.0000170. The van der Waals surface area contributed by atoms with Crippen molar-refractivity contribution in [1.82, 2.24) is 79.1 Å². The van der Waals surface area contributed by atoms with E-state index in [0.29, 0.717) is 12.8 Å². The summed E-state index contributed by atoms with van der Waals surface area (Å²) in [6.45, 7) is 10.9. The molecule has 0 unspecified atom stereocenters. The fourth-order valence-electron chi connectivity index (χ4n) is 11.0. The maximum absolute atomic E-state index is 14.6. The number of carboxylic acids is 5. The molecule has 0 aliphatic heterocycles. The molecule has 0 fully saturated rings. The number of aliphatic hydroxyl groups excluding tert-OH is 1. The highest BCUT2D eigenvalue weighted by Gasteiger charge is 2.40. The van der Waals surface area contributed by atoms with Crippen molar-refractivity contribution < 1.29 is 127 Å². The molecule has 2 rings (SSSR count). The molecule has 2 aromatic rings. The van der Waals surface area contributed by atoms with Gasteiger partial charge < -0.3 is 133 Å². The molecule has 29 N–H and O–H groups in total. The molecule has 0 aliphatic rings.